The first-order valence-electron chi connectivity index (χ1n) is 3.90. The van der Waals surface area contributed by atoms with Crippen LogP contribution in [0.15, 0.2) is 11.3 Å². The molecule has 0 spiro atoms. The van der Waals surface area contributed by atoms with Gasteiger partial charge in [-0.15, -0.1) is 0 Å². The fraction of sp³-hybridized carbons (Fsp3) is 0.375. The second kappa shape index (κ2) is 4.40. The van der Waals surface area contributed by atoms with E-state index in [4.69, 9.17) is 15.2 Å². The molecule has 0 saturated carbocycles. The van der Waals surface area contributed by atoms with Crippen molar-refractivity contribution in [2.75, 3.05) is 21.3 Å². The fourth-order valence-corrected chi connectivity index (χ4v) is 0.995. The average molecular weight is 196 g/mol. The third-order valence-electron chi connectivity index (χ3n) is 1.66. The standard InChI is InChI=1S/C8H12N4O2/c1-10-6(9)5-7(13-2)11-4-12-8(5)14-3/h4H,1-3H3,(H2,9,10). The molecule has 1 aromatic heterocycles. The van der Waals surface area contributed by atoms with Crippen molar-refractivity contribution in [1.29, 1.82) is 0 Å². The lowest BCUT2D eigenvalue weighted by atomic mass is 10.3. The lowest BCUT2D eigenvalue weighted by molar-refractivity contribution is 0.370. The Balaban J connectivity index is 3.33. The third-order valence-corrected chi connectivity index (χ3v) is 1.66. The monoisotopic (exact) mass is 196 g/mol. The molecule has 0 atom stereocenters. The van der Waals surface area contributed by atoms with E-state index in [1.807, 2.05) is 0 Å². The second-order valence-electron chi connectivity index (χ2n) is 2.38. The van der Waals surface area contributed by atoms with Crippen LogP contribution in [-0.2, 0) is 0 Å². The van der Waals surface area contributed by atoms with Crippen LogP contribution in [0.5, 0.6) is 11.8 Å². The van der Waals surface area contributed by atoms with Gasteiger partial charge in [-0.1, -0.05) is 0 Å². The highest BCUT2D eigenvalue weighted by molar-refractivity contribution is 6.01. The molecule has 0 amide bonds. The van der Waals surface area contributed by atoms with Crippen LogP contribution >= 0.6 is 0 Å². The SMILES string of the molecule is CN=C(N)c1c(OC)ncnc1OC. The molecule has 6 nitrogen and oxygen atoms in total. The van der Waals surface area contributed by atoms with E-state index in [1.54, 1.807) is 7.05 Å². The van der Waals surface area contributed by atoms with Crippen LogP contribution in [0.1, 0.15) is 5.56 Å². The van der Waals surface area contributed by atoms with Gasteiger partial charge in [-0.3, -0.25) is 4.99 Å². The molecule has 0 radical (unpaired) electrons. The zero-order chi connectivity index (χ0) is 10.6. The number of aromatic nitrogens is 2. The van der Waals surface area contributed by atoms with E-state index in [-0.39, 0.29) is 5.84 Å². The van der Waals surface area contributed by atoms with Gasteiger partial charge in [0.2, 0.25) is 11.8 Å². The molecule has 0 aliphatic heterocycles. The highest BCUT2D eigenvalue weighted by Crippen LogP contribution is 2.22. The Morgan fingerprint density at radius 1 is 1.29 bits per heavy atom. The molecule has 0 fully saturated rings. The number of nitrogens with zero attached hydrogens (tertiary/aromatic N) is 3. The molecule has 1 aromatic rings. The lowest BCUT2D eigenvalue weighted by Crippen LogP contribution is -2.17. The van der Waals surface area contributed by atoms with Gasteiger partial charge >= 0.3 is 0 Å². The van der Waals surface area contributed by atoms with Crippen LogP contribution in [0.25, 0.3) is 0 Å². The van der Waals surface area contributed by atoms with Crippen LogP contribution < -0.4 is 15.2 Å². The van der Waals surface area contributed by atoms with Crippen molar-refractivity contribution in [3.63, 3.8) is 0 Å². The quantitative estimate of drug-likeness (QED) is 0.536. The number of nitrogens with two attached hydrogens (primary N) is 1. The smallest absolute Gasteiger partial charge is 0.231 e. The highest BCUT2D eigenvalue weighted by atomic mass is 16.5. The fourth-order valence-electron chi connectivity index (χ4n) is 0.995. The van der Waals surface area contributed by atoms with Gasteiger partial charge in [0.15, 0.2) is 0 Å². The number of rotatable bonds is 3. The van der Waals surface area contributed by atoms with Crippen LogP contribution in [0, 0.1) is 0 Å². The Labute approximate surface area is 81.8 Å². The molecule has 0 aliphatic rings. The Morgan fingerprint density at radius 2 is 1.79 bits per heavy atom. The summed E-state index contributed by atoms with van der Waals surface area (Å²) in [4.78, 5) is 11.6. The zero-order valence-corrected chi connectivity index (χ0v) is 8.31. The van der Waals surface area contributed by atoms with Crippen molar-refractivity contribution >= 4 is 5.84 Å². The summed E-state index contributed by atoms with van der Waals surface area (Å²) in [5, 5.41) is 0. The predicted octanol–water partition coefficient (Wildman–Crippen LogP) is -0.171. The highest BCUT2D eigenvalue weighted by Gasteiger charge is 2.15. The largest absolute Gasteiger partial charge is 0.480 e. The van der Waals surface area contributed by atoms with Gasteiger partial charge in [-0.2, -0.15) is 0 Å². The van der Waals surface area contributed by atoms with Crippen molar-refractivity contribution in [3.8, 4) is 11.8 Å². The van der Waals surface area contributed by atoms with Gasteiger partial charge in [0, 0.05) is 7.05 Å². The number of ether oxygens (including phenoxy) is 2. The minimum atomic E-state index is 0.277. The minimum absolute atomic E-state index is 0.277. The summed E-state index contributed by atoms with van der Waals surface area (Å²) in [6, 6.07) is 0. The first-order valence-corrected chi connectivity index (χ1v) is 3.90. The average Bonchev–Trinajstić information content (AvgIpc) is 2.26. The van der Waals surface area contributed by atoms with E-state index in [2.05, 4.69) is 15.0 Å². The zero-order valence-electron chi connectivity index (χ0n) is 8.31. The number of methoxy groups -OCH3 is 2. The summed E-state index contributed by atoms with van der Waals surface area (Å²) in [6.45, 7) is 0. The molecule has 6 heteroatoms. The van der Waals surface area contributed by atoms with Crippen molar-refractivity contribution in [2.45, 2.75) is 0 Å². The van der Waals surface area contributed by atoms with Crippen LogP contribution in [0.2, 0.25) is 0 Å². The summed E-state index contributed by atoms with van der Waals surface area (Å²) in [6.07, 6.45) is 1.34. The topological polar surface area (TPSA) is 82.6 Å². The van der Waals surface area contributed by atoms with Gasteiger partial charge in [0.1, 0.15) is 17.7 Å². The van der Waals surface area contributed by atoms with Crippen molar-refractivity contribution in [2.24, 2.45) is 10.7 Å². The molecular formula is C8H12N4O2. The maximum Gasteiger partial charge on any atom is 0.231 e. The van der Waals surface area contributed by atoms with Gasteiger partial charge in [-0.25, -0.2) is 9.97 Å². The minimum Gasteiger partial charge on any atom is -0.480 e. The Kier molecular flexibility index (Phi) is 3.22. The normalized spacial score (nSPS) is 11.2. The molecule has 0 bridgehead atoms. The predicted molar refractivity (Wildman–Crippen MR) is 51.8 cm³/mol. The van der Waals surface area contributed by atoms with E-state index in [9.17, 15) is 0 Å². The molecule has 14 heavy (non-hydrogen) atoms. The summed E-state index contributed by atoms with van der Waals surface area (Å²) in [5.41, 5.74) is 6.13. The maximum absolute atomic E-state index is 5.66. The molecule has 2 N–H and O–H groups in total. The summed E-state index contributed by atoms with van der Waals surface area (Å²) < 4.78 is 10.0. The van der Waals surface area contributed by atoms with Gasteiger partial charge in [0.25, 0.3) is 0 Å². The molecule has 0 aliphatic carbocycles. The third kappa shape index (κ3) is 1.73. The van der Waals surface area contributed by atoms with E-state index < -0.39 is 0 Å². The van der Waals surface area contributed by atoms with E-state index in [0.717, 1.165) is 0 Å². The van der Waals surface area contributed by atoms with Crippen LogP contribution in [-0.4, -0.2) is 37.1 Å². The summed E-state index contributed by atoms with van der Waals surface area (Å²) in [7, 11) is 4.56. The van der Waals surface area contributed by atoms with Gasteiger partial charge in [0.05, 0.1) is 14.2 Å². The molecule has 1 rings (SSSR count). The van der Waals surface area contributed by atoms with Gasteiger partial charge in [-0.05, 0) is 0 Å². The second-order valence-corrected chi connectivity index (χ2v) is 2.38. The molecular weight excluding hydrogens is 184 g/mol. The van der Waals surface area contributed by atoms with Crippen LogP contribution in [0.4, 0.5) is 0 Å². The van der Waals surface area contributed by atoms with Crippen molar-refractivity contribution < 1.29 is 9.47 Å². The number of amidine groups is 1. The maximum atomic E-state index is 5.66. The Hall–Kier alpha value is -1.85. The van der Waals surface area contributed by atoms with Crippen molar-refractivity contribution in [3.05, 3.63) is 11.9 Å². The van der Waals surface area contributed by atoms with E-state index in [1.165, 1.54) is 20.5 Å². The first-order chi connectivity index (χ1) is 6.74. The Morgan fingerprint density at radius 3 is 2.14 bits per heavy atom. The molecule has 76 valence electrons. The van der Waals surface area contributed by atoms with Gasteiger partial charge < -0.3 is 15.2 Å². The van der Waals surface area contributed by atoms with E-state index in [0.29, 0.717) is 17.3 Å². The Bertz CT molecular complexity index is 329. The number of hydrogen-bond acceptors (Lipinski definition) is 5. The molecule has 1 heterocycles. The number of hydrogen-bond donors (Lipinski definition) is 1. The molecule has 0 aromatic carbocycles. The first kappa shape index (κ1) is 10.2. The van der Waals surface area contributed by atoms with Crippen molar-refractivity contribution in [1.82, 2.24) is 9.97 Å². The molecule has 0 unspecified atom stereocenters. The summed E-state index contributed by atoms with van der Waals surface area (Å²) >= 11 is 0. The summed E-state index contributed by atoms with van der Waals surface area (Å²) in [5.74, 6) is 0.971. The molecule has 0 saturated heterocycles. The lowest BCUT2D eigenvalue weighted by Gasteiger charge is -2.09. The number of aliphatic imine (C=N–C) groups is 1. The van der Waals surface area contributed by atoms with E-state index >= 15 is 0 Å². The van der Waals surface area contributed by atoms with Crippen LogP contribution in [0.3, 0.4) is 0 Å².